The zero-order valence-electron chi connectivity index (χ0n) is 14.6. The van der Waals surface area contributed by atoms with Gasteiger partial charge in [-0.1, -0.05) is 31.0 Å². The summed E-state index contributed by atoms with van der Waals surface area (Å²) in [5.74, 6) is 3.02. The number of halogens is 1. The van der Waals surface area contributed by atoms with Crippen LogP contribution in [0.5, 0.6) is 5.75 Å². The molecule has 1 saturated carbocycles. The van der Waals surface area contributed by atoms with Crippen LogP contribution in [0.3, 0.4) is 0 Å². The quantitative estimate of drug-likeness (QED) is 0.412. The van der Waals surface area contributed by atoms with Gasteiger partial charge in [-0.3, -0.25) is 4.99 Å². The van der Waals surface area contributed by atoms with Crippen LogP contribution in [-0.4, -0.2) is 43.1 Å². The van der Waals surface area contributed by atoms with Crippen molar-refractivity contribution < 1.29 is 4.74 Å². The monoisotopic (exact) mass is 443 g/mol. The first-order valence-corrected chi connectivity index (χ1v) is 9.10. The molecule has 0 aromatic heterocycles. The van der Waals surface area contributed by atoms with Crippen molar-refractivity contribution in [3.8, 4) is 5.75 Å². The molecule has 134 valence electrons. The highest BCUT2D eigenvalue weighted by molar-refractivity contribution is 14.0. The number of rotatable bonds is 6. The zero-order valence-corrected chi connectivity index (χ0v) is 16.9. The number of hydrogen-bond acceptors (Lipinski definition) is 2. The van der Waals surface area contributed by atoms with E-state index in [-0.39, 0.29) is 24.0 Å². The topological polar surface area (TPSA) is 36.9 Å². The molecule has 0 atom stereocenters. The summed E-state index contributed by atoms with van der Waals surface area (Å²) in [4.78, 5) is 7.21. The lowest BCUT2D eigenvalue weighted by Crippen LogP contribution is -2.47. The van der Waals surface area contributed by atoms with Crippen molar-refractivity contribution >= 4 is 29.9 Å². The molecule has 24 heavy (non-hydrogen) atoms. The largest absolute Gasteiger partial charge is 0.490 e. The molecule has 1 heterocycles. The van der Waals surface area contributed by atoms with Crippen molar-refractivity contribution in [2.24, 2.45) is 10.9 Å². The molecule has 2 aliphatic rings. The first kappa shape index (κ1) is 19.3. The fourth-order valence-electron chi connectivity index (χ4n) is 3.06. The minimum absolute atomic E-state index is 0. The minimum Gasteiger partial charge on any atom is -0.490 e. The number of likely N-dealkylation sites (tertiary alicyclic amines) is 1. The summed E-state index contributed by atoms with van der Waals surface area (Å²) < 4.78 is 6.08. The van der Waals surface area contributed by atoms with E-state index in [1.54, 1.807) is 0 Å². The van der Waals surface area contributed by atoms with Crippen LogP contribution in [0, 0.1) is 5.92 Å². The van der Waals surface area contributed by atoms with Crippen molar-refractivity contribution in [2.45, 2.75) is 45.1 Å². The maximum Gasteiger partial charge on any atom is 0.193 e. The Hall–Kier alpha value is -0.980. The third kappa shape index (κ3) is 6.15. The van der Waals surface area contributed by atoms with E-state index in [1.165, 1.54) is 19.3 Å². The molecule has 1 saturated heterocycles. The molecule has 0 bridgehead atoms. The van der Waals surface area contributed by atoms with Gasteiger partial charge >= 0.3 is 0 Å². The smallest absolute Gasteiger partial charge is 0.193 e. The number of benzene rings is 1. The van der Waals surface area contributed by atoms with Crippen LogP contribution in [-0.2, 0) is 0 Å². The maximum atomic E-state index is 6.08. The van der Waals surface area contributed by atoms with E-state index in [2.05, 4.69) is 17.1 Å². The predicted octanol–water partition coefficient (Wildman–Crippen LogP) is 3.91. The molecule has 1 aliphatic heterocycles. The first-order chi connectivity index (χ1) is 11.3. The molecule has 2 fully saturated rings. The van der Waals surface area contributed by atoms with Crippen LogP contribution in [0.25, 0.3) is 0 Å². The van der Waals surface area contributed by atoms with Gasteiger partial charge in [-0.2, -0.15) is 0 Å². The van der Waals surface area contributed by atoms with Crippen molar-refractivity contribution in [3.05, 3.63) is 30.3 Å². The van der Waals surface area contributed by atoms with Crippen molar-refractivity contribution in [2.75, 3.05) is 26.2 Å². The Labute approximate surface area is 163 Å². The summed E-state index contributed by atoms with van der Waals surface area (Å²) >= 11 is 0. The highest BCUT2D eigenvalue weighted by Gasteiger charge is 2.23. The van der Waals surface area contributed by atoms with Gasteiger partial charge in [0.25, 0.3) is 0 Å². The summed E-state index contributed by atoms with van der Waals surface area (Å²) in [5, 5.41) is 3.45. The minimum atomic E-state index is 0. The van der Waals surface area contributed by atoms with E-state index >= 15 is 0 Å². The van der Waals surface area contributed by atoms with Gasteiger partial charge in [0.2, 0.25) is 0 Å². The molecule has 3 rings (SSSR count). The Morgan fingerprint density at radius 1 is 1.17 bits per heavy atom. The Kier molecular flexibility index (Phi) is 8.15. The van der Waals surface area contributed by atoms with Crippen LogP contribution in [0.4, 0.5) is 0 Å². The third-order valence-corrected chi connectivity index (χ3v) is 4.62. The van der Waals surface area contributed by atoms with E-state index in [0.717, 1.165) is 56.6 Å². The zero-order chi connectivity index (χ0) is 15.9. The molecule has 4 nitrogen and oxygen atoms in total. The Morgan fingerprint density at radius 3 is 2.50 bits per heavy atom. The molecule has 0 spiro atoms. The van der Waals surface area contributed by atoms with Crippen LogP contribution in [0.15, 0.2) is 35.3 Å². The van der Waals surface area contributed by atoms with Gasteiger partial charge in [-0.05, 0) is 31.4 Å². The standard InChI is InChI=1S/C19H29N3O.HI/c1-2-20-19(21-13-10-16-8-9-16)22-14-11-18(12-15-22)23-17-6-4-3-5-7-17;/h3-7,16,18H,2,8-15H2,1H3,(H,20,21);1H. The number of nitrogens with one attached hydrogen (secondary N) is 1. The highest BCUT2D eigenvalue weighted by Crippen LogP contribution is 2.32. The van der Waals surface area contributed by atoms with Crippen molar-refractivity contribution in [1.29, 1.82) is 0 Å². The van der Waals surface area contributed by atoms with Gasteiger partial charge in [0.15, 0.2) is 5.96 Å². The molecule has 0 unspecified atom stereocenters. The lowest BCUT2D eigenvalue weighted by atomic mass is 10.1. The van der Waals surface area contributed by atoms with Crippen LogP contribution >= 0.6 is 24.0 Å². The van der Waals surface area contributed by atoms with Gasteiger partial charge in [0.1, 0.15) is 11.9 Å². The summed E-state index contributed by atoms with van der Waals surface area (Å²) in [5.41, 5.74) is 0. The molecule has 0 radical (unpaired) electrons. The Morgan fingerprint density at radius 2 is 1.88 bits per heavy atom. The SMILES string of the molecule is CCNC(=NCCC1CC1)N1CCC(Oc2ccccc2)CC1.I. The molecule has 1 aromatic carbocycles. The number of para-hydroxylation sites is 1. The van der Waals surface area contributed by atoms with Crippen LogP contribution in [0.2, 0.25) is 0 Å². The molecule has 5 heteroatoms. The first-order valence-electron chi connectivity index (χ1n) is 9.10. The van der Waals surface area contributed by atoms with Gasteiger partial charge < -0.3 is 15.0 Å². The van der Waals surface area contributed by atoms with Gasteiger partial charge in [-0.25, -0.2) is 0 Å². The second-order valence-corrected chi connectivity index (χ2v) is 6.59. The number of nitrogens with zero attached hydrogens (tertiary/aromatic N) is 2. The van der Waals surface area contributed by atoms with Gasteiger partial charge in [0, 0.05) is 39.0 Å². The molecule has 1 aliphatic carbocycles. The molecule has 1 aromatic rings. The normalized spacial score (nSPS) is 18.9. The summed E-state index contributed by atoms with van der Waals surface area (Å²) in [6, 6.07) is 10.2. The number of piperidine rings is 1. The number of hydrogen-bond donors (Lipinski definition) is 1. The van der Waals surface area contributed by atoms with E-state index in [0.29, 0.717) is 6.10 Å². The van der Waals surface area contributed by atoms with Gasteiger partial charge in [0.05, 0.1) is 0 Å². The van der Waals surface area contributed by atoms with E-state index < -0.39 is 0 Å². The van der Waals surface area contributed by atoms with Crippen molar-refractivity contribution in [3.63, 3.8) is 0 Å². The Balaban J connectivity index is 0.00000208. The number of guanidine groups is 1. The third-order valence-electron chi connectivity index (χ3n) is 4.62. The summed E-state index contributed by atoms with van der Waals surface area (Å²) in [7, 11) is 0. The average Bonchev–Trinajstić information content (AvgIpc) is 3.40. The molecule has 0 amide bonds. The predicted molar refractivity (Wildman–Crippen MR) is 110 cm³/mol. The van der Waals surface area contributed by atoms with Crippen LogP contribution < -0.4 is 10.1 Å². The fourth-order valence-corrected chi connectivity index (χ4v) is 3.06. The lowest BCUT2D eigenvalue weighted by molar-refractivity contribution is 0.129. The van der Waals surface area contributed by atoms with Crippen LogP contribution in [0.1, 0.15) is 39.0 Å². The van der Waals surface area contributed by atoms with Crippen molar-refractivity contribution in [1.82, 2.24) is 10.2 Å². The fraction of sp³-hybridized carbons (Fsp3) is 0.632. The molecular formula is C19H30IN3O. The van der Waals surface area contributed by atoms with Gasteiger partial charge in [-0.15, -0.1) is 24.0 Å². The summed E-state index contributed by atoms with van der Waals surface area (Å²) in [6.07, 6.45) is 6.51. The molecular weight excluding hydrogens is 413 g/mol. The molecule has 1 N–H and O–H groups in total. The number of aliphatic imine (C=N–C) groups is 1. The second-order valence-electron chi connectivity index (χ2n) is 6.59. The lowest BCUT2D eigenvalue weighted by Gasteiger charge is -2.34. The van der Waals surface area contributed by atoms with E-state index in [4.69, 9.17) is 9.73 Å². The Bertz CT molecular complexity index is 497. The average molecular weight is 443 g/mol. The maximum absolute atomic E-state index is 6.08. The summed E-state index contributed by atoms with van der Waals surface area (Å²) in [6.45, 7) is 6.08. The second kappa shape index (κ2) is 10.1. The highest BCUT2D eigenvalue weighted by atomic mass is 127. The number of ether oxygens (including phenoxy) is 1. The van der Waals surface area contributed by atoms with E-state index in [9.17, 15) is 0 Å². The van der Waals surface area contributed by atoms with E-state index in [1.807, 2.05) is 30.3 Å².